The molecule has 1 aromatic heterocycles. The number of carbonyl (C=O) groups is 1. The SMILES string of the molecule is C/C=C\C(=O)NCCCc1nc2ccccc2n1CCC. The summed E-state index contributed by atoms with van der Waals surface area (Å²) in [4.78, 5) is 16.1. The minimum atomic E-state index is -0.0282. The van der Waals surface area contributed by atoms with Crippen LogP contribution in [0.3, 0.4) is 0 Å². The van der Waals surface area contributed by atoms with Gasteiger partial charge in [-0.2, -0.15) is 0 Å². The summed E-state index contributed by atoms with van der Waals surface area (Å²) in [5, 5.41) is 2.88. The standard InChI is InChI=1S/C17H23N3O/c1-3-8-17(21)18-12-7-11-16-19-14-9-5-6-10-15(14)20(16)13-4-2/h3,5-6,8-10H,4,7,11-13H2,1-2H3,(H,18,21)/b8-3-. The molecule has 0 unspecified atom stereocenters. The van der Waals surface area contributed by atoms with Gasteiger partial charge in [-0.3, -0.25) is 4.79 Å². The molecule has 4 heteroatoms. The summed E-state index contributed by atoms with van der Waals surface area (Å²) in [6.45, 7) is 5.68. The molecule has 0 bridgehead atoms. The van der Waals surface area contributed by atoms with Gasteiger partial charge in [-0.05, 0) is 38.0 Å². The van der Waals surface area contributed by atoms with E-state index in [-0.39, 0.29) is 5.91 Å². The van der Waals surface area contributed by atoms with E-state index in [1.54, 1.807) is 12.2 Å². The first-order valence-corrected chi connectivity index (χ1v) is 7.61. The third-order valence-electron chi connectivity index (χ3n) is 3.38. The molecular weight excluding hydrogens is 262 g/mol. The second-order valence-electron chi connectivity index (χ2n) is 5.06. The van der Waals surface area contributed by atoms with E-state index in [1.807, 2.05) is 13.0 Å². The lowest BCUT2D eigenvalue weighted by Crippen LogP contribution is -2.22. The van der Waals surface area contributed by atoms with Gasteiger partial charge in [0.2, 0.25) is 5.91 Å². The highest BCUT2D eigenvalue weighted by Crippen LogP contribution is 2.17. The van der Waals surface area contributed by atoms with Gasteiger partial charge in [0, 0.05) is 19.5 Å². The van der Waals surface area contributed by atoms with E-state index >= 15 is 0 Å². The van der Waals surface area contributed by atoms with Gasteiger partial charge in [-0.15, -0.1) is 0 Å². The van der Waals surface area contributed by atoms with Crippen LogP contribution >= 0.6 is 0 Å². The molecule has 0 aliphatic heterocycles. The zero-order valence-corrected chi connectivity index (χ0v) is 12.8. The van der Waals surface area contributed by atoms with Gasteiger partial charge in [0.05, 0.1) is 11.0 Å². The quantitative estimate of drug-likeness (QED) is 0.628. The fraction of sp³-hybridized carbons (Fsp3) is 0.412. The van der Waals surface area contributed by atoms with Crippen molar-refractivity contribution in [2.45, 2.75) is 39.7 Å². The molecular formula is C17H23N3O. The smallest absolute Gasteiger partial charge is 0.243 e. The van der Waals surface area contributed by atoms with Gasteiger partial charge < -0.3 is 9.88 Å². The molecule has 1 amide bonds. The van der Waals surface area contributed by atoms with Crippen LogP contribution in [-0.4, -0.2) is 22.0 Å². The number of nitrogens with zero attached hydrogens (tertiary/aromatic N) is 2. The lowest BCUT2D eigenvalue weighted by atomic mass is 10.3. The van der Waals surface area contributed by atoms with Crippen LogP contribution in [0.1, 0.15) is 32.5 Å². The molecule has 2 aromatic rings. The number of allylic oxidation sites excluding steroid dienone is 1. The van der Waals surface area contributed by atoms with Crippen LogP contribution in [0.15, 0.2) is 36.4 Å². The Labute approximate surface area is 125 Å². The van der Waals surface area contributed by atoms with E-state index in [1.165, 1.54) is 5.52 Å². The lowest BCUT2D eigenvalue weighted by Gasteiger charge is -2.08. The summed E-state index contributed by atoms with van der Waals surface area (Å²) in [5.41, 5.74) is 2.26. The molecule has 0 aliphatic rings. The zero-order valence-electron chi connectivity index (χ0n) is 12.8. The van der Waals surface area contributed by atoms with Crippen molar-refractivity contribution in [3.8, 4) is 0 Å². The molecule has 4 nitrogen and oxygen atoms in total. The predicted octanol–water partition coefficient (Wildman–Crippen LogP) is 3.07. The van der Waals surface area contributed by atoms with Crippen LogP contribution in [0.5, 0.6) is 0 Å². The number of fused-ring (bicyclic) bond motifs is 1. The van der Waals surface area contributed by atoms with Crippen molar-refractivity contribution >= 4 is 16.9 Å². The summed E-state index contributed by atoms with van der Waals surface area (Å²) >= 11 is 0. The largest absolute Gasteiger partial charge is 0.353 e. The third kappa shape index (κ3) is 3.94. The molecule has 2 rings (SSSR count). The van der Waals surface area contributed by atoms with Crippen molar-refractivity contribution in [1.29, 1.82) is 0 Å². The molecule has 21 heavy (non-hydrogen) atoms. The number of para-hydroxylation sites is 2. The Bertz CT molecular complexity index is 628. The monoisotopic (exact) mass is 285 g/mol. The normalized spacial score (nSPS) is 11.3. The number of imidazole rings is 1. The van der Waals surface area contributed by atoms with Crippen LogP contribution < -0.4 is 5.32 Å². The number of aromatic nitrogens is 2. The topological polar surface area (TPSA) is 46.9 Å². The summed E-state index contributed by atoms with van der Waals surface area (Å²) < 4.78 is 2.29. The number of aryl methyl sites for hydroxylation is 2. The first-order chi connectivity index (χ1) is 10.3. The summed E-state index contributed by atoms with van der Waals surface area (Å²) in [6, 6.07) is 8.25. The number of hydrogen-bond donors (Lipinski definition) is 1. The van der Waals surface area contributed by atoms with E-state index in [0.29, 0.717) is 6.54 Å². The van der Waals surface area contributed by atoms with Gasteiger partial charge >= 0.3 is 0 Å². The lowest BCUT2D eigenvalue weighted by molar-refractivity contribution is -0.116. The van der Waals surface area contributed by atoms with E-state index in [0.717, 1.165) is 37.1 Å². The molecule has 1 N–H and O–H groups in total. The average Bonchev–Trinajstić information content (AvgIpc) is 2.83. The summed E-state index contributed by atoms with van der Waals surface area (Å²) in [6.07, 6.45) is 6.16. The van der Waals surface area contributed by atoms with Gasteiger partial charge in [-0.1, -0.05) is 25.1 Å². The maximum Gasteiger partial charge on any atom is 0.243 e. The number of nitrogens with one attached hydrogen (secondary N) is 1. The molecule has 112 valence electrons. The van der Waals surface area contributed by atoms with Crippen molar-refractivity contribution in [2.24, 2.45) is 0 Å². The number of carbonyl (C=O) groups excluding carboxylic acids is 1. The Morgan fingerprint density at radius 2 is 2.19 bits per heavy atom. The molecule has 0 fully saturated rings. The Kier molecular flexibility index (Phi) is 5.55. The number of rotatable bonds is 7. The van der Waals surface area contributed by atoms with Crippen LogP contribution in [0.4, 0.5) is 0 Å². The van der Waals surface area contributed by atoms with Gasteiger partial charge in [-0.25, -0.2) is 4.98 Å². The summed E-state index contributed by atoms with van der Waals surface area (Å²) in [5.74, 6) is 1.08. The van der Waals surface area contributed by atoms with Crippen molar-refractivity contribution in [3.05, 3.63) is 42.2 Å². The average molecular weight is 285 g/mol. The summed E-state index contributed by atoms with van der Waals surface area (Å²) in [7, 11) is 0. The van der Waals surface area contributed by atoms with E-state index in [2.05, 4.69) is 35.0 Å². The van der Waals surface area contributed by atoms with E-state index in [4.69, 9.17) is 4.98 Å². The third-order valence-corrected chi connectivity index (χ3v) is 3.38. The molecule has 0 saturated carbocycles. The van der Waals surface area contributed by atoms with E-state index in [9.17, 15) is 4.79 Å². The molecule has 0 aliphatic carbocycles. The Hall–Kier alpha value is -2.10. The highest BCUT2D eigenvalue weighted by Gasteiger charge is 2.09. The minimum Gasteiger partial charge on any atom is -0.353 e. The molecule has 0 radical (unpaired) electrons. The van der Waals surface area contributed by atoms with Gasteiger partial charge in [0.25, 0.3) is 0 Å². The molecule has 0 saturated heterocycles. The zero-order chi connectivity index (χ0) is 15.1. The van der Waals surface area contributed by atoms with Crippen molar-refractivity contribution in [3.63, 3.8) is 0 Å². The Morgan fingerprint density at radius 3 is 2.95 bits per heavy atom. The molecule has 0 spiro atoms. The number of amides is 1. The first kappa shape index (κ1) is 15.3. The predicted molar refractivity (Wildman–Crippen MR) is 86.2 cm³/mol. The molecule has 0 atom stereocenters. The van der Waals surface area contributed by atoms with E-state index < -0.39 is 0 Å². The first-order valence-electron chi connectivity index (χ1n) is 7.61. The van der Waals surface area contributed by atoms with Crippen molar-refractivity contribution < 1.29 is 4.79 Å². The fourth-order valence-electron chi connectivity index (χ4n) is 2.46. The molecule has 1 heterocycles. The van der Waals surface area contributed by atoms with Crippen LogP contribution in [0.25, 0.3) is 11.0 Å². The van der Waals surface area contributed by atoms with Gasteiger partial charge in [0.15, 0.2) is 0 Å². The second-order valence-corrected chi connectivity index (χ2v) is 5.06. The van der Waals surface area contributed by atoms with Crippen molar-refractivity contribution in [1.82, 2.24) is 14.9 Å². The van der Waals surface area contributed by atoms with Gasteiger partial charge in [0.1, 0.15) is 5.82 Å². The highest BCUT2D eigenvalue weighted by molar-refractivity contribution is 5.87. The maximum absolute atomic E-state index is 11.3. The van der Waals surface area contributed by atoms with Crippen molar-refractivity contribution in [2.75, 3.05) is 6.54 Å². The fourth-order valence-corrected chi connectivity index (χ4v) is 2.46. The maximum atomic E-state index is 11.3. The van der Waals surface area contributed by atoms with Crippen LogP contribution in [0.2, 0.25) is 0 Å². The van der Waals surface area contributed by atoms with Crippen LogP contribution in [0, 0.1) is 0 Å². The minimum absolute atomic E-state index is 0.0282. The van der Waals surface area contributed by atoms with Crippen LogP contribution in [-0.2, 0) is 17.8 Å². The number of benzene rings is 1. The Morgan fingerprint density at radius 1 is 1.38 bits per heavy atom. The Balaban J connectivity index is 2.01. The number of hydrogen-bond acceptors (Lipinski definition) is 2. The second kappa shape index (κ2) is 7.62. The molecule has 1 aromatic carbocycles. The highest BCUT2D eigenvalue weighted by atomic mass is 16.1.